The third-order valence-electron chi connectivity index (χ3n) is 3.59. The molecule has 0 bridgehead atoms. The van der Waals surface area contributed by atoms with Crippen LogP contribution in [0, 0.1) is 6.92 Å². The lowest BCUT2D eigenvalue weighted by Crippen LogP contribution is -2.30. The van der Waals surface area contributed by atoms with E-state index in [2.05, 4.69) is 30.4 Å². The van der Waals surface area contributed by atoms with Gasteiger partial charge >= 0.3 is 0 Å². The Labute approximate surface area is 116 Å². The van der Waals surface area contributed by atoms with Gasteiger partial charge in [0, 0.05) is 19.6 Å². The number of hydrogen-bond acceptors (Lipinski definition) is 3. The summed E-state index contributed by atoms with van der Waals surface area (Å²) in [5.74, 6) is 1.06. The van der Waals surface area contributed by atoms with Gasteiger partial charge in [-0.1, -0.05) is 30.5 Å². The maximum absolute atomic E-state index is 8.69. The van der Waals surface area contributed by atoms with Crippen LogP contribution in [0.25, 0.3) is 0 Å². The molecule has 0 saturated heterocycles. The van der Waals surface area contributed by atoms with Gasteiger partial charge in [-0.2, -0.15) is 0 Å². The topological polar surface area (TPSA) is 41.5 Å². The largest absolute Gasteiger partial charge is 0.488 e. The Morgan fingerprint density at radius 3 is 2.95 bits per heavy atom. The molecule has 1 aliphatic rings. The number of aryl methyl sites for hydroxylation is 1. The lowest BCUT2D eigenvalue weighted by atomic mass is 10.1. The van der Waals surface area contributed by atoms with Gasteiger partial charge in [0.05, 0.1) is 0 Å². The monoisotopic (exact) mass is 263 g/mol. The SMILES string of the molecule is Cc1ccc2c(c1)CC(CNCCCCCCO)O2. The van der Waals surface area contributed by atoms with Crippen molar-refractivity contribution in [3.05, 3.63) is 29.3 Å². The maximum Gasteiger partial charge on any atom is 0.123 e. The number of aliphatic hydroxyl groups is 1. The summed E-state index contributed by atoms with van der Waals surface area (Å²) < 4.78 is 5.91. The van der Waals surface area contributed by atoms with Gasteiger partial charge in [0.2, 0.25) is 0 Å². The summed E-state index contributed by atoms with van der Waals surface area (Å²) in [5.41, 5.74) is 2.65. The van der Waals surface area contributed by atoms with Crippen LogP contribution < -0.4 is 10.1 Å². The first-order chi connectivity index (χ1) is 9.29. The summed E-state index contributed by atoms with van der Waals surface area (Å²) in [6.45, 7) is 4.41. The highest BCUT2D eigenvalue weighted by Gasteiger charge is 2.21. The first kappa shape index (κ1) is 14.4. The van der Waals surface area contributed by atoms with Crippen LogP contribution in [0.1, 0.15) is 36.8 Å². The van der Waals surface area contributed by atoms with Crippen molar-refractivity contribution in [3.63, 3.8) is 0 Å². The Morgan fingerprint density at radius 2 is 2.11 bits per heavy atom. The molecule has 0 aliphatic carbocycles. The fourth-order valence-electron chi connectivity index (χ4n) is 2.54. The second-order valence-corrected chi connectivity index (χ2v) is 5.40. The highest BCUT2D eigenvalue weighted by molar-refractivity contribution is 5.40. The average Bonchev–Trinajstić information content (AvgIpc) is 2.79. The molecule has 19 heavy (non-hydrogen) atoms. The fraction of sp³-hybridized carbons (Fsp3) is 0.625. The number of nitrogens with one attached hydrogen (secondary N) is 1. The van der Waals surface area contributed by atoms with Crippen molar-refractivity contribution in [1.29, 1.82) is 0 Å². The summed E-state index contributed by atoms with van der Waals surface area (Å²) >= 11 is 0. The molecule has 0 aromatic heterocycles. The van der Waals surface area contributed by atoms with Gasteiger partial charge in [-0.25, -0.2) is 0 Å². The van der Waals surface area contributed by atoms with Crippen molar-refractivity contribution in [2.24, 2.45) is 0 Å². The zero-order valence-corrected chi connectivity index (χ0v) is 11.8. The van der Waals surface area contributed by atoms with Gasteiger partial charge in [0.25, 0.3) is 0 Å². The Kier molecular flexibility index (Phi) is 5.67. The van der Waals surface area contributed by atoms with Crippen LogP contribution in [0.2, 0.25) is 0 Å². The molecule has 1 unspecified atom stereocenters. The third kappa shape index (κ3) is 4.51. The van der Waals surface area contributed by atoms with Gasteiger partial charge in [0.15, 0.2) is 0 Å². The standard InChI is InChI=1S/C16H25NO2/c1-13-6-7-16-14(10-13)11-15(19-16)12-17-8-4-2-3-5-9-18/h6-7,10,15,17-18H,2-5,8-9,11-12H2,1H3. The molecule has 106 valence electrons. The molecule has 0 fully saturated rings. The summed E-state index contributed by atoms with van der Waals surface area (Å²) in [5, 5.41) is 12.2. The lowest BCUT2D eigenvalue weighted by molar-refractivity contribution is 0.227. The van der Waals surface area contributed by atoms with E-state index in [1.807, 2.05) is 0 Å². The number of hydrogen-bond donors (Lipinski definition) is 2. The molecule has 1 atom stereocenters. The Hall–Kier alpha value is -1.06. The molecule has 2 rings (SSSR count). The number of unbranched alkanes of at least 4 members (excludes halogenated alkanes) is 3. The fourth-order valence-corrected chi connectivity index (χ4v) is 2.54. The van der Waals surface area contributed by atoms with E-state index >= 15 is 0 Å². The van der Waals surface area contributed by atoms with E-state index in [-0.39, 0.29) is 6.10 Å². The molecule has 1 aromatic rings. The normalized spacial score (nSPS) is 17.3. The van der Waals surface area contributed by atoms with Gasteiger partial charge in [-0.05, 0) is 37.9 Å². The molecule has 1 aromatic carbocycles. The first-order valence-electron chi connectivity index (χ1n) is 7.37. The van der Waals surface area contributed by atoms with E-state index in [0.717, 1.165) is 38.1 Å². The van der Waals surface area contributed by atoms with E-state index in [9.17, 15) is 0 Å². The quantitative estimate of drug-likeness (QED) is 0.708. The Bertz CT molecular complexity index is 392. The summed E-state index contributed by atoms with van der Waals surface area (Å²) in [6.07, 6.45) is 5.74. The molecule has 3 heteroatoms. The molecule has 0 spiro atoms. The molecule has 1 heterocycles. The first-order valence-corrected chi connectivity index (χ1v) is 7.37. The minimum Gasteiger partial charge on any atom is -0.488 e. The predicted molar refractivity (Wildman–Crippen MR) is 77.7 cm³/mol. The summed E-state index contributed by atoms with van der Waals surface area (Å²) in [6, 6.07) is 6.42. The van der Waals surface area contributed by atoms with Crippen LogP contribution in [-0.4, -0.2) is 30.9 Å². The molecule has 0 amide bonds. The van der Waals surface area contributed by atoms with Crippen LogP contribution in [0.5, 0.6) is 5.75 Å². The predicted octanol–water partition coefficient (Wildman–Crippen LogP) is 2.44. The number of rotatable bonds is 8. The van der Waals surface area contributed by atoms with Crippen LogP contribution in [-0.2, 0) is 6.42 Å². The van der Waals surface area contributed by atoms with Crippen molar-refractivity contribution in [2.45, 2.75) is 45.1 Å². The van der Waals surface area contributed by atoms with Gasteiger partial charge in [-0.3, -0.25) is 0 Å². The number of aliphatic hydroxyl groups excluding tert-OH is 1. The van der Waals surface area contributed by atoms with Crippen LogP contribution in [0.3, 0.4) is 0 Å². The maximum atomic E-state index is 8.69. The van der Waals surface area contributed by atoms with Crippen molar-refractivity contribution in [2.75, 3.05) is 19.7 Å². The molecular formula is C16H25NO2. The van der Waals surface area contributed by atoms with E-state index in [1.165, 1.54) is 24.0 Å². The van der Waals surface area contributed by atoms with Gasteiger partial charge in [-0.15, -0.1) is 0 Å². The zero-order valence-electron chi connectivity index (χ0n) is 11.8. The number of benzene rings is 1. The molecule has 2 N–H and O–H groups in total. The molecule has 0 radical (unpaired) electrons. The van der Waals surface area contributed by atoms with Crippen molar-refractivity contribution < 1.29 is 9.84 Å². The van der Waals surface area contributed by atoms with E-state index in [4.69, 9.17) is 9.84 Å². The molecule has 3 nitrogen and oxygen atoms in total. The minimum atomic E-state index is 0.286. The zero-order chi connectivity index (χ0) is 13.5. The number of fused-ring (bicyclic) bond motifs is 1. The van der Waals surface area contributed by atoms with Gasteiger partial charge < -0.3 is 15.2 Å². The van der Waals surface area contributed by atoms with E-state index in [0.29, 0.717) is 6.61 Å². The second-order valence-electron chi connectivity index (χ2n) is 5.40. The highest BCUT2D eigenvalue weighted by atomic mass is 16.5. The minimum absolute atomic E-state index is 0.286. The Morgan fingerprint density at radius 1 is 1.26 bits per heavy atom. The Balaban J connectivity index is 1.59. The smallest absolute Gasteiger partial charge is 0.123 e. The van der Waals surface area contributed by atoms with E-state index in [1.54, 1.807) is 0 Å². The lowest BCUT2D eigenvalue weighted by Gasteiger charge is -2.11. The molecule has 1 aliphatic heterocycles. The number of ether oxygens (including phenoxy) is 1. The van der Waals surface area contributed by atoms with Crippen LogP contribution in [0.15, 0.2) is 18.2 Å². The van der Waals surface area contributed by atoms with Crippen molar-refractivity contribution in [3.8, 4) is 5.75 Å². The molecule has 0 saturated carbocycles. The van der Waals surface area contributed by atoms with E-state index < -0.39 is 0 Å². The molecular weight excluding hydrogens is 238 g/mol. The highest BCUT2D eigenvalue weighted by Crippen LogP contribution is 2.29. The van der Waals surface area contributed by atoms with Crippen molar-refractivity contribution >= 4 is 0 Å². The summed E-state index contributed by atoms with van der Waals surface area (Å²) in [7, 11) is 0. The van der Waals surface area contributed by atoms with Gasteiger partial charge in [0.1, 0.15) is 11.9 Å². The van der Waals surface area contributed by atoms with Crippen molar-refractivity contribution in [1.82, 2.24) is 5.32 Å². The third-order valence-corrected chi connectivity index (χ3v) is 3.59. The van der Waals surface area contributed by atoms with Crippen LogP contribution >= 0.6 is 0 Å². The second kappa shape index (κ2) is 7.51. The average molecular weight is 263 g/mol. The van der Waals surface area contributed by atoms with Crippen LogP contribution in [0.4, 0.5) is 0 Å². The summed E-state index contributed by atoms with van der Waals surface area (Å²) in [4.78, 5) is 0.